The van der Waals surface area contributed by atoms with Crippen molar-refractivity contribution in [2.75, 3.05) is 13.1 Å². The summed E-state index contributed by atoms with van der Waals surface area (Å²) in [5.41, 5.74) is 5.64. The molecule has 1 atom stereocenters. The van der Waals surface area contributed by atoms with Crippen LogP contribution in [0.3, 0.4) is 0 Å². The summed E-state index contributed by atoms with van der Waals surface area (Å²) >= 11 is 5.27. The molecule has 0 saturated carbocycles. The first-order chi connectivity index (χ1) is 6.29. The van der Waals surface area contributed by atoms with E-state index in [0.717, 1.165) is 13.1 Å². The van der Waals surface area contributed by atoms with Gasteiger partial charge in [-0.3, -0.25) is 4.90 Å². The largest absolute Gasteiger partial charge is 0.329 e. The summed E-state index contributed by atoms with van der Waals surface area (Å²) < 4.78 is 1.19. The van der Waals surface area contributed by atoms with Crippen molar-refractivity contribution < 1.29 is 0 Å². The average Bonchev–Trinajstić information content (AvgIpc) is 2.46. The van der Waals surface area contributed by atoms with Gasteiger partial charge in [-0.15, -0.1) is 11.3 Å². The van der Waals surface area contributed by atoms with Crippen LogP contribution in [0.1, 0.15) is 11.3 Å². The predicted octanol–water partition coefficient (Wildman–Crippen LogP) is 2.04. The van der Waals surface area contributed by atoms with Gasteiger partial charge in [0, 0.05) is 40.4 Å². The summed E-state index contributed by atoms with van der Waals surface area (Å²) in [6, 6.07) is 2.82. The first kappa shape index (κ1) is 9.65. The van der Waals surface area contributed by atoms with Crippen LogP contribution < -0.4 is 5.73 Å². The van der Waals surface area contributed by atoms with E-state index in [-0.39, 0.29) is 0 Å². The zero-order valence-corrected chi connectivity index (χ0v) is 9.77. The van der Waals surface area contributed by atoms with E-state index in [1.54, 1.807) is 0 Å². The summed E-state index contributed by atoms with van der Waals surface area (Å²) in [7, 11) is 0. The molecular weight excluding hydrogens is 248 g/mol. The SMILES string of the molecule is NCC1CCN1Cc1cc(Br)cs1. The van der Waals surface area contributed by atoms with Crippen molar-refractivity contribution in [1.82, 2.24) is 4.90 Å². The molecule has 2 nitrogen and oxygen atoms in total. The Morgan fingerprint density at radius 3 is 3.00 bits per heavy atom. The number of halogens is 1. The summed E-state index contributed by atoms with van der Waals surface area (Å²) in [6.07, 6.45) is 1.27. The number of nitrogens with zero attached hydrogens (tertiary/aromatic N) is 1. The molecule has 1 aliphatic rings. The molecule has 13 heavy (non-hydrogen) atoms. The Labute approximate surface area is 90.9 Å². The highest BCUT2D eigenvalue weighted by atomic mass is 79.9. The standard InChI is InChI=1S/C9H13BrN2S/c10-7-3-9(13-6-7)5-12-2-1-8(12)4-11/h3,6,8H,1-2,4-5,11H2. The van der Waals surface area contributed by atoms with Crippen molar-refractivity contribution in [2.45, 2.75) is 19.0 Å². The third kappa shape index (κ3) is 2.13. The van der Waals surface area contributed by atoms with Gasteiger partial charge < -0.3 is 5.73 Å². The Balaban J connectivity index is 1.91. The summed E-state index contributed by atoms with van der Waals surface area (Å²) in [5.74, 6) is 0. The number of thiophene rings is 1. The van der Waals surface area contributed by atoms with E-state index in [1.165, 1.54) is 22.3 Å². The van der Waals surface area contributed by atoms with E-state index in [9.17, 15) is 0 Å². The van der Waals surface area contributed by atoms with Gasteiger partial charge in [0.25, 0.3) is 0 Å². The molecule has 2 N–H and O–H groups in total. The molecule has 2 heterocycles. The molecule has 72 valence electrons. The lowest BCUT2D eigenvalue weighted by Gasteiger charge is -2.40. The van der Waals surface area contributed by atoms with Gasteiger partial charge in [0.1, 0.15) is 0 Å². The molecule has 1 fully saturated rings. The summed E-state index contributed by atoms with van der Waals surface area (Å²) in [6.45, 7) is 3.07. The number of hydrogen-bond donors (Lipinski definition) is 1. The number of nitrogens with two attached hydrogens (primary N) is 1. The minimum atomic E-state index is 0.626. The van der Waals surface area contributed by atoms with E-state index in [2.05, 4.69) is 32.3 Å². The Morgan fingerprint density at radius 2 is 2.54 bits per heavy atom. The molecular formula is C9H13BrN2S. The first-order valence-electron chi connectivity index (χ1n) is 4.46. The fraction of sp³-hybridized carbons (Fsp3) is 0.556. The monoisotopic (exact) mass is 260 g/mol. The van der Waals surface area contributed by atoms with Crippen molar-refractivity contribution in [3.05, 3.63) is 20.8 Å². The van der Waals surface area contributed by atoms with Crippen LogP contribution in [0.15, 0.2) is 15.9 Å². The maximum absolute atomic E-state index is 5.64. The minimum absolute atomic E-state index is 0.626. The van der Waals surface area contributed by atoms with Crippen LogP contribution in [0.2, 0.25) is 0 Å². The van der Waals surface area contributed by atoms with Gasteiger partial charge in [0.05, 0.1) is 0 Å². The third-order valence-electron chi connectivity index (χ3n) is 2.52. The van der Waals surface area contributed by atoms with Gasteiger partial charge in [-0.05, 0) is 28.4 Å². The molecule has 0 spiro atoms. The van der Waals surface area contributed by atoms with Crippen LogP contribution >= 0.6 is 27.3 Å². The number of likely N-dealkylation sites (tertiary alicyclic amines) is 1. The lowest BCUT2D eigenvalue weighted by Crippen LogP contribution is -2.50. The zero-order chi connectivity index (χ0) is 9.26. The summed E-state index contributed by atoms with van der Waals surface area (Å²) in [4.78, 5) is 3.86. The van der Waals surface area contributed by atoms with Crippen LogP contribution in [0, 0.1) is 0 Å². The lowest BCUT2D eigenvalue weighted by molar-refractivity contribution is 0.0894. The number of hydrogen-bond acceptors (Lipinski definition) is 3. The Kier molecular flexibility index (Phi) is 3.03. The van der Waals surface area contributed by atoms with Crippen molar-refractivity contribution in [2.24, 2.45) is 5.73 Å². The van der Waals surface area contributed by atoms with Crippen LogP contribution in [0.25, 0.3) is 0 Å². The molecule has 0 radical (unpaired) electrons. The molecule has 4 heteroatoms. The second-order valence-corrected chi connectivity index (χ2v) is 5.29. The molecule has 0 aromatic carbocycles. The van der Waals surface area contributed by atoms with Gasteiger partial charge in [-0.1, -0.05) is 0 Å². The van der Waals surface area contributed by atoms with E-state index >= 15 is 0 Å². The van der Waals surface area contributed by atoms with Crippen molar-refractivity contribution in [3.8, 4) is 0 Å². The Morgan fingerprint density at radius 1 is 1.69 bits per heavy atom. The molecule has 0 bridgehead atoms. The zero-order valence-electron chi connectivity index (χ0n) is 7.37. The highest BCUT2D eigenvalue weighted by Crippen LogP contribution is 2.25. The normalized spacial score (nSPS) is 23.1. The second-order valence-electron chi connectivity index (χ2n) is 3.38. The molecule has 1 saturated heterocycles. The maximum Gasteiger partial charge on any atom is 0.0331 e. The quantitative estimate of drug-likeness (QED) is 0.902. The highest BCUT2D eigenvalue weighted by molar-refractivity contribution is 9.10. The molecule has 1 aromatic rings. The second kappa shape index (κ2) is 4.09. The molecule has 0 aliphatic carbocycles. The third-order valence-corrected chi connectivity index (χ3v) is 4.20. The molecule has 1 aromatic heterocycles. The highest BCUT2D eigenvalue weighted by Gasteiger charge is 2.26. The van der Waals surface area contributed by atoms with E-state index < -0.39 is 0 Å². The van der Waals surface area contributed by atoms with Gasteiger partial charge in [0.2, 0.25) is 0 Å². The Bertz CT molecular complexity index is 285. The summed E-state index contributed by atoms with van der Waals surface area (Å²) in [5, 5.41) is 2.13. The van der Waals surface area contributed by atoms with Crippen molar-refractivity contribution >= 4 is 27.3 Å². The van der Waals surface area contributed by atoms with Crippen LogP contribution in [0.4, 0.5) is 0 Å². The Hall–Kier alpha value is 0.1000. The van der Waals surface area contributed by atoms with Crippen LogP contribution in [-0.2, 0) is 6.54 Å². The number of rotatable bonds is 3. The van der Waals surface area contributed by atoms with Crippen LogP contribution in [-0.4, -0.2) is 24.0 Å². The molecule has 1 aliphatic heterocycles. The van der Waals surface area contributed by atoms with E-state index in [1.807, 2.05) is 11.3 Å². The maximum atomic E-state index is 5.64. The van der Waals surface area contributed by atoms with Gasteiger partial charge in [-0.25, -0.2) is 0 Å². The fourth-order valence-electron chi connectivity index (χ4n) is 1.61. The first-order valence-corrected chi connectivity index (χ1v) is 6.14. The minimum Gasteiger partial charge on any atom is -0.329 e. The van der Waals surface area contributed by atoms with Crippen molar-refractivity contribution in [1.29, 1.82) is 0 Å². The van der Waals surface area contributed by atoms with Crippen LogP contribution in [0.5, 0.6) is 0 Å². The predicted molar refractivity (Wildman–Crippen MR) is 59.9 cm³/mol. The topological polar surface area (TPSA) is 29.3 Å². The van der Waals surface area contributed by atoms with Crippen molar-refractivity contribution in [3.63, 3.8) is 0 Å². The molecule has 1 unspecified atom stereocenters. The molecule has 2 rings (SSSR count). The smallest absolute Gasteiger partial charge is 0.0331 e. The lowest BCUT2D eigenvalue weighted by atomic mass is 10.0. The average molecular weight is 261 g/mol. The van der Waals surface area contributed by atoms with Gasteiger partial charge >= 0.3 is 0 Å². The fourth-order valence-corrected chi connectivity index (χ4v) is 3.08. The van der Waals surface area contributed by atoms with E-state index in [0.29, 0.717) is 6.04 Å². The van der Waals surface area contributed by atoms with Gasteiger partial charge in [0.15, 0.2) is 0 Å². The van der Waals surface area contributed by atoms with E-state index in [4.69, 9.17) is 5.73 Å². The molecule has 0 amide bonds. The van der Waals surface area contributed by atoms with Gasteiger partial charge in [-0.2, -0.15) is 0 Å².